The Morgan fingerprint density at radius 3 is 2.48 bits per heavy atom. The molecule has 2 unspecified atom stereocenters. The van der Waals surface area contributed by atoms with Crippen LogP contribution in [0, 0.1) is 5.92 Å². The van der Waals surface area contributed by atoms with Crippen molar-refractivity contribution in [3.8, 4) is 0 Å². The predicted molar refractivity (Wildman–Crippen MR) is 127 cm³/mol. The summed E-state index contributed by atoms with van der Waals surface area (Å²) in [4.78, 5) is 18.2. The van der Waals surface area contributed by atoms with Crippen molar-refractivity contribution in [1.29, 1.82) is 0 Å². The van der Waals surface area contributed by atoms with E-state index < -0.39 is 0 Å². The maximum Gasteiger partial charge on any atom is 0.225 e. The first kappa shape index (κ1) is 20.0. The van der Waals surface area contributed by atoms with E-state index in [1.807, 2.05) is 42.5 Å². The molecule has 0 spiro atoms. The van der Waals surface area contributed by atoms with Gasteiger partial charge in [-0.25, -0.2) is 0 Å². The Balaban J connectivity index is 1.39. The number of hydrogen-bond acceptors (Lipinski definition) is 3. The van der Waals surface area contributed by atoms with Crippen molar-refractivity contribution in [2.75, 3.05) is 29.4 Å². The number of carbonyl (C=O) groups is 1. The number of piperazine rings is 1. The Bertz CT molecular complexity index is 1050. The molecule has 0 aromatic heterocycles. The number of anilines is 2. The zero-order chi connectivity index (χ0) is 21.2. The maximum absolute atomic E-state index is 13.4. The molecule has 2 atom stereocenters. The van der Waals surface area contributed by atoms with Crippen LogP contribution in [0.2, 0.25) is 5.02 Å². The van der Waals surface area contributed by atoms with Gasteiger partial charge in [0, 0.05) is 42.6 Å². The van der Waals surface area contributed by atoms with Gasteiger partial charge in [-0.2, -0.15) is 0 Å². The van der Waals surface area contributed by atoms with Crippen molar-refractivity contribution in [1.82, 2.24) is 5.32 Å². The first-order valence-electron chi connectivity index (χ1n) is 10.9. The standard InChI is InChI=1S/C26H26ClN3O/c27-21-10-12-22(13-11-21)29-14-15-30-24-9-5-4-8-20(24)16-23(25(30)18-29)26(31)28-17-19-6-2-1-3-7-19/h1-13,23,25H,14-18H2,(H,28,31). The Labute approximate surface area is 188 Å². The van der Waals surface area contributed by atoms with Crippen LogP contribution in [0.5, 0.6) is 0 Å². The van der Waals surface area contributed by atoms with E-state index >= 15 is 0 Å². The van der Waals surface area contributed by atoms with Crippen LogP contribution in [0.25, 0.3) is 0 Å². The van der Waals surface area contributed by atoms with E-state index in [2.05, 4.69) is 51.5 Å². The lowest BCUT2D eigenvalue weighted by Crippen LogP contribution is -2.61. The van der Waals surface area contributed by atoms with Crippen LogP contribution in [0.1, 0.15) is 11.1 Å². The lowest BCUT2D eigenvalue weighted by Gasteiger charge is -2.49. The number of para-hydroxylation sites is 1. The topological polar surface area (TPSA) is 35.6 Å². The van der Waals surface area contributed by atoms with E-state index in [1.54, 1.807) is 0 Å². The minimum absolute atomic E-state index is 0.0892. The van der Waals surface area contributed by atoms with Crippen LogP contribution in [0.15, 0.2) is 78.9 Å². The number of halogens is 1. The first-order valence-corrected chi connectivity index (χ1v) is 11.2. The molecule has 3 aromatic carbocycles. The van der Waals surface area contributed by atoms with Crippen LogP contribution in [0.3, 0.4) is 0 Å². The third-order valence-electron chi connectivity index (χ3n) is 6.46. The monoisotopic (exact) mass is 431 g/mol. The average molecular weight is 432 g/mol. The predicted octanol–water partition coefficient (Wildman–Crippen LogP) is 4.52. The highest BCUT2D eigenvalue weighted by Crippen LogP contribution is 2.37. The molecule has 3 aromatic rings. The summed E-state index contributed by atoms with van der Waals surface area (Å²) in [6.45, 7) is 3.20. The molecule has 4 nitrogen and oxygen atoms in total. The summed E-state index contributed by atoms with van der Waals surface area (Å²) in [5.74, 6) is 0.0417. The third-order valence-corrected chi connectivity index (χ3v) is 6.71. The second-order valence-corrected chi connectivity index (χ2v) is 8.76. The Hall–Kier alpha value is -2.98. The quantitative estimate of drug-likeness (QED) is 0.659. The minimum atomic E-state index is -0.0892. The van der Waals surface area contributed by atoms with Crippen LogP contribution in [0.4, 0.5) is 11.4 Å². The molecule has 158 valence electrons. The van der Waals surface area contributed by atoms with Gasteiger partial charge in [0.25, 0.3) is 0 Å². The van der Waals surface area contributed by atoms with E-state index in [0.717, 1.165) is 42.3 Å². The molecule has 1 amide bonds. The maximum atomic E-state index is 13.4. The van der Waals surface area contributed by atoms with Gasteiger partial charge in [-0.15, -0.1) is 0 Å². The SMILES string of the molecule is O=C(NCc1ccccc1)C1Cc2ccccc2N2CCN(c3ccc(Cl)cc3)CC12. The van der Waals surface area contributed by atoms with Gasteiger partial charge in [0.15, 0.2) is 0 Å². The fourth-order valence-electron chi connectivity index (χ4n) is 4.86. The zero-order valence-corrected chi connectivity index (χ0v) is 18.1. The number of carbonyl (C=O) groups excluding carboxylic acids is 1. The van der Waals surface area contributed by atoms with Crippen molar-refractivity contribution in [2.24, 2.45) is 5.92 Å². The largest absolute Gasteiger partial charge is 0.368 e. The molecule has 5 heteroatoms. The van der Waals surface area contributed by atoms with E-state index in [4.69, 9.17) is 11.6 Å². The molecule has 1 saturated heterocycles. The van der Waals surface area contributed by atoms with Gasteiger partial charge in [0.2, 0.25) is 5.91 Å². The highest BCUT2D eigenvalue weighted by molar-refractivity contribution is 6.30. The van der Waals surface area contributed by atoms with Gasteiger partial charge in [-0.05, 0) is 47.9 Å². The number of benzene rings is 3. The number of nitrogens with one attached hydrogen (secondary N) is 1. The summed E-state index contributed by atoms with van der Waals surface area (Å²) in [5, 5.41) is 3.94. The van der Waals surface area contributed by atoms with Gasteiger partial charge < -0.3 is 15.1 Å². The fourth-order valence-corrected chi connectivity index (χ4v) is 4.99. The number of amides is 1. The molecule has 0 bridgehead atoms. The Morgan fingerprint density at radius 1 is 0.935 bits per heavy atom. The molecule has 2 heterocycles. The fraction of sp³-hybridized carbons (Fsp3) is 0.269. The van der Waals surface area contributed by atoms with Crippen molar-refractivity contribution < 1.29 is 4.79 Å². The number of hydrogen-bond donors (Lipinski definition) is 1. The minimum Gasteiger partial charge on any atom is -0.368 e. The van der Waals surface area contributed by atoms with Gasteiger partial charge in [-0.1, -0.05) is 60.1 Å². The van der Waals surface area contributed by atoms with Crippen molar-refractivity contribution in [3.63, 3.8) is 0 Å². The molecule has 2 aliphatic heterocycles. The van der Waals surface area contributed by atoms with Crippen LogP contribution in [-0.2, 0) is 17.8 Å². The number of nitrogens with zero attached hydrogens (tertiary/aromatic N) is 2. The number of fused-ring (bicyclic) bond motifs is 3. The molecule has 31 heavy (non-hydrogen) atoms. The lowest BCUT2D eigenvalue weighted by atomic mass is 9.83. The van der Waals surface area contributed by atoms with E-state index in [9.17, 15) is 4.79 Å². The molecule has 2 aliphatic rings. The zero-order valence-electron chi connectivity index (χ0n) is 17.4. The first-order chi connectivity index (χ1) is 15.2. The van der Waals surface area contributed by atoms with Crippen molar-refractivity contribution in [2.45, 2.75) is 19.0 Å². The van der Waals surface area contributed by atoms with E-state index in [1.165, 1.54) is 11.3 Å². The highest BCUT2D eigenvalue weighted by Gasteiger charge is 2.41. The Kier molecular flexibility index (Phi) is 5.56. The van der Waals surface area contributed by atoms with Gasteiger partial charge >= 0.3 is 0 Å². The summed E-state index contributed by atoms with van der Waals surface area (Å²) in [5.41, 5.74) is 4.82. The molecule has 1 fully saturated rings. The van der Waals surface area contributed by atoms with Gasteiger partial charge in [0.05, 0.1) is 12.0 Å². The Morgan fingerprint density at radius 2 is 1.68 bits per heavy atom. The highest BCUT2D eigenvalue weighted by atomic mass is 35.5. The van der Waals surface area contributed by atoms with Crippen LogP contribution < -0.4 is 15.1 Å². The summed E-state index contributed by atoms with van der Waals surface area (Å²) in [6.07, 6.45) is 0.770. The second-order valence-electron chi connectivity index (χ2n) is 8.33. The molecular formula is C26H26ClN3O. The summed E-state index contributed by atoms with van der Waals surface area (Å²) in [7, 11) is 0. The van der Waals surface area contributed by atoms with E-state index in [-0.39, 0.29) is 17.9 Å². The van der Waals surface area contributed by atoms with Gasteiger partial charge in [0.1, 0.15) is 0 Å². The molecule has 0 saturated carbocycles. The molecule has 0 aliphatic carbocycles. The van der Waals surface area contributed by atoms with Gasteiger partial charge in [-0.3, -0.25) is 4.79 Å². The molecule has 5 rings (SSSR count). The normalized spacial score (nSPS) is 20.0. The molecule has 1 N–H and O–H groups in total. The molecular weight excluding hydrogens is 406 g/mol. The van der Waals surface area contributed by atoms with Crippen molar-refractivity contribution >= 4 is 28.9 Å². The van der Waals surface area contributed by atoms with Crippen LogP contribution in [-0.4, -0.2) is 31.6 Å². The summed E-state index contributed by atoms with van der Waals surface area (Å²) < 4.78 is 0. The third kappa shape index (κ3) is 4.13. The van der Waals surface area contributed by atoms with E-state index in [0.29, 0.717) is 6.54 Å². The van der Waals surface area contributed by atoms with Crippen LogP contribution >= 0.6 is 11.6 Å². The molecule has 0 radical (unpaired) electrons. The average Bonchev–Trinajstić information content (AvgIpc) is 2.83. The second kappa shape index (κ2) is 8.64. The summed E-state index contributed by atoms with van der Waals surface area (Å²) in [6, 6.07) is 26.8. The number of rotatable bonds is 4. The smallest absolute Gasteiger partial charge is 0.225 e. The lowest BCUT2D eigenvalue weighted by molar-refractivity contribution is -0.126. The summed E-state index contributed by atoms with van der Waals surface area (Å²) >= 11 is 6.09. The van der Waals surface area contributed by atoms with Crippen molar-refractivity contribution in [3.05, 3.63) is 95.0 Å².